The Labute approximate surface area is 116 Å². The van der Waals surface area contributed by atoms with Crippen molar-refractivity contribution in [3.63, 3.8) is 0 Å². The molecular weight excluding hydrogens is 234 g/mol. The van der Waals surface area contributed by atoms with Gasteiger partial charge in [-0.2, -0.15) is 0 Å². The van der Waals surface area contributed by atoms with Gasteiger partial charge in [0.25, 0.3) is 0 Å². The van der Waals surface area contributed by atoms with E-state index in [2.05, 4.69) is 40.8 Å². The Balaban J connectivity index is 1.57. The van der Waals surface area contributed by atoms with E-state index in [1.165, 1.54) is 55.6 Å². The molecule has 3 rings (SSSR count). The summed E-state index contributed by atoms with van der Waals surface area (Å²) in [7, 11) is 2.22. The Hall–Kier alpha value is -1.06. The minimum atomic E-state index is 0.660. The van der Waals surface area contributed by atoms with Gasteiger partial charge in [-0.05, 0) is 49.9 Å². The normalized spacial score (nSPS) is 23.7. The summed E-state index contributed by atoms with van der Waals surface area (Å²) in [5.74, 6) is 0. The van der Waals surface area contributed by atoms with E-state index in [4.69, 9.17) is 0 Å². The Bertz CT molecular complexity index is 430. The van der Waals surface area contributed by atoms with Crippen molar-refractivity contribution in [2.75, 3.05) is 38.5 Å². The van der Waals surface area contributed by atoms with Gasteiger partial charge in [0.05, 0.1) is 0 Å². The van der Waals surface area contributed by atoms with E-state index in [1.807, 2.05) is 0 Å². The van der Waals surface area contributed by atoms with Crippen LogP contribution in [0.2, 0.25) is 0 Å². The first-order valence-corrected chi connectivity index (χ1v) is 7.59. The van der Waals surface area contributed by atoms with Crippen LogP contribution in [0.1, 0.15) is 24.0 Å². The first kappa shape index (κ1) is 12.9. The van der Waals surface area contributed by atoms with E-state index in [-0.39, 0.29) is 0 Å². The zero-order chi connectivity index (χ0) is 13.1. The van der Waals surface area contributed by atoms with Crippen LogP contribution in [0.5, 0.6) is 0 Å². The molecule has 2 N–H and O–H groups in total. The lowest BCUT2D eigenvalue weighted by Gasteiger charge is -2.31. The summed E-state index contributed by atoms with van der Waals surface area (Å²) in [5.41, 5.74) is 4.36. The minimum absolute atomic E-state index is 0.660. The van der Waals surface area contributed by atoms with Crippen LogP contribution in [0.25, 0.3) is 0 Å². The fourth-order valence-corrected chi connectivity index (χ4v) is 3.21. The third-order valence-electron chi connectivity index (χ3n) is 4.35. The fraction of sp³-hybridized carbons (Fsp3) is 0.625. The molecule has 2 aliphatic rings. The molecule has 0 spiro atoms. The molecule has 1 fully saturated rings. The van der Waals surface area contributed by atoms with Gasteiger partial charge in [0.15, 0.2) is 0 Å². The van der Waals surface area contributed by atoms with Crippen LogP contribution in [0.15, 0.2) is 18.2 Å². The predicted molar refractivity (Wildman–Crippen MR) is 80.9 cm³/mol. The van der Waals surface area contributed by atoms with Crippen molar-refractivity contribution in [2.45, 2.75) is 31.7 Å². The first-order valence-electron chi connectivity index (χ1n) is 7.59. The first-order chi connectivity index (χ1) is 9.31. The topological polar surface area (TPSA) is 27.3 Å². The average molecular weight is 259 g/mol. The monoisotopic (exact) mass is 259 g/mol. The molecule has 1 unspecified atom stereocenters. The molecule has 19 heavy (non-hydrogen) atoms. The Kier molecular flexibility index (Phi) is 4.04. The summed E-state index contributed by atoms with van der Waals surface area (Å²) in [5, 5.41) is 7.11. The molecule has 3 nitrogen and oxygen atoms in total. The number of hydrogen-bond acceptors (Lipinski definition) is 3. The number of aryl methyl sites for hydroxylation is 2. The number of nitrogens with one attached hydrogen (secondary N) is 2. The average Bonchev–Trinajstić information content (AvgIpc) is 2.45. The second-order valence-electron chi connectivity index (χ2n) is 5.97. The summed E-state index contributed by atoms with van der Waals surface area (Å²) in [6.07, 6.45) is 4.95. The van der Waals surface area contributed by atoms with Gasteiger partial charge in [0.1, 0.15) is 0 Å². The molecule has 3 heteroatoms. The largest absolute Gasteiger partial charge is 0.385 e. The highest BCUT2D eigenvalue weighted by Crippen LogP contribution is 2.23. The van der Waals surface area contributed by atoms with E-state index in [1.54, 1.807) is 0 Å². The lowest BCUT2D eigenvalue weighted by Crippen LogP contribution is -2.49. The number of rotatable bonds is 3. The maximum Gasteiger partial charge on any atom is 0.0372 e. The summed E-state index contributed by atoms with van der Waals surface area (Å²) in [6.45, 7) is 4.63. The van der Waals surface area contributed by atoms with Crippen LogP contribution in [0.4, 0.5) is 5.69 Å². The molecular formula is C16H25N3. The van der Waals surface area contributed by atoms with Crippen molar-refractivity contribution < 1.29 is 0 Å². The molecule has 2 aliphatic heterocycles. The Morgan fingerprint density at radius 3 is 3.16 bits per heavy atom. The number of nitrogens with zero attached hydrogens (tertiary/aromatic N) is 1. The molecule has 0 radical (unpaired) electrons. The summed E-state index contributed by atoms with van der Waals surface area (Å²) >= 11 is 0. The lowest BCUT2D eigenvalue weighted by atomic mass is 9.97. The fourth-order valence-electron chi connectivity index (χ4n) is 3.21. The van der Waals surface area contributed by atoms with Crippen molar-refractivity contribution in [1.82, 2.24) is 10.2 Å². The van der Waals surface area contributed by atoms with Crippen LogP contribution >= 0.6 is 0 Å². The van der Waals surface area contributed by atoms with Crippen LogP contribution < -0.4 is 10.6 Å². The standard InChI is InChI=1S/C16H25N3/c1-19-10-9-17-15(12-19)6-4-13-5-7-16-14(11-13)3-2-8-18-16/h5,7,11,15,17-18H,2-4,6,8-10,12H2,1H3. The van der Waals surface area contributed by atoms with Crippen LogP contribution in [0.3, 0.4) is 0 Å². The number of piperazine rings is 1. The van der Waals surface area contributed by atoms with E-state index >= 15 is 0 Å². The van der Waals surface area contributed by atoms with Gasteiger partial charge in [0.2, 0.25) is 0 Å². The highest BCUT2D eigenvalue weighted by atomic mass is 15.2. The maximum atomic E-state index is 3.63. The Morgan fingerprint density at radius 1 is 1.32 bits per heavy atom. The highest BCUT2D eigenvalue weighted by molar-refractivity contribution is 5.54. The SMILES string of the molecule is CN1CCNC(CCc2ccc3c(c2)CCCN3)C1. The molecule has 1 atom stereocenters. The van der Waals surface area contributed by atoms with E-state index in [0.29, 0.717) is 6.04 Å². The summed E-state index contributed by atoms with van der Waals surface area (Å²) in [6, 6.07) is 7.63. The number of likely N-dealkylation sites (N-methyl/N-ethyl adjacent to an activating group) is 1. The molecule has 1 aromatic carbocycles. The predicted octanol–water partition coefficient (Wildman–Crippen LogP) is 1.88. The van der Waals surface area contributed by atoms with E-state index in [9.17, 15) is 0 Å². The summed E-state index contributed by atoms with van der Waals surface area (Å²) in [4.78, 5) is 2.43. The van der Waals surface area contributed by atoms with Crippen molar-refractivity contribution in [3.8, 4) is 0 Å². The number of fused-ring (bicyclic) bond motifs is 1. The molecule has 104 valence electrons. The third-order valence-corrected chi connectivity index (χ3v) is 4.35. The zero-order valence-electron chi connectivity index (χ0n) is 11.9. The number of hydrogen-bond donors (Lipinski definition) is 2. The highest BCUT2D eigenvalue weighted by Gasteiger charge is 2.16. The van der Waals surface area contributed by atoms with E-state index < -0.39 is 0 Å². The second-order valence-corrected chi connectivity index (χ2v) is 5.97. The van der Waals surface area contributed by atoms with Gasteiger partial charge in [-0.3, -0.25) is 0 Å². The van der Waals surface area contributed by atoms with Crippen molar-refractivity contribution in [1.29, 1.82) is 0 Å². The maximum absolute atomic E-state index is 3.63. The second kappa shape index (κ2) is 5.93. The third kappa shape index (κ3) is 3.28. The van der Waals surface area contributed by atoms with Gasteiger partial charge < -0.3 is 15.5 Å². The molecule has 0 aliphatic carbocycles. The number of anilines is 1. The quantitative estimate of drug-likeness (QED) is 0.868. The molecule has 2 heterocycles. The smallest absolute Gasteiger partial charge is 0.0372 e. The molecule has 0 saturated carbocycles. The van der Waals surface area contributed by atoms with Crippen molar-refractivity contribution in [3.05, 3.63) is 29.3 Å². The van der Waals surface area contributed by atoms with Crippen LogP contribution in [-0.4, -0.2) is 44.2 Å². The minimum Gasteiger partial charge on any atom is -0.385 e. The van der Waals surface area contributed by atoms with Crippen molar-refractivity contribution in [2.24, 2.45) is 0 Å². The van der Waals surface area contributed by atoms with Gasteiger partial charge in [-0.1, -0.05) is 12.1 Å². The van der Waals surface area contributed by atoms with Gasteiger partial charge in [0, 0.05) is 37.9 Å². The van der Waals surface area contributed by atoms with E-state index in [0.717, 1.165) is 13.1 Å². The molecule has 0 bridgehead atoms. The van der Waals surface area contributed by atoms with Gasteiger partial charge in [-0.15, -0.1) is 0 Å². The van der Waals surface area contributed by atoms with Crippen LogP contribution in [-0.2, 0) is 12.8 Å². The lowest BCUT2D eigenvalue weighted by molar-refractivity contribution is 0.232. The number of benzene rings is 1. The van der Waals surface area contributed by atoms with Crippen LogP contribution in [0, 0.1) is 0 Å². The molecule has 1 aromatic rings. The zero-order valence-corrected chi connectivity index (χ0v) is 11.9. The Morgan fingerprint density at radius 2 is 2.26 bits per heavy atom. The van der Waals surface area contributed by atoms with Gasteiger partial charge in [-0.25, -0.2) is 0 Å². The summed E-state index contributed by atoms with van der Waals surface area (Å²) < 4.78 is 0. The van der Waals surface area contributed by atoms with Gasteiger partial charge >= 0.3 is 0 Å². The molecule has 0 amide bonds. The molecule has 1 saturated heterocycles. The molecule has 0 aromatic heterocycles. The van der Waals surface area contributed by atoms with Crippen molar-refractivity contribution >= 4 is 5.69 Å².